The number of hydrogen-bond acceptors (Lipinski definition) is 2. The van der Waals surface area contributed by atoms with Gasteiger partial charge in [-0.05, 0) is 32.6 Å². The van der Waals surface area contributed by atoms with Crippen LogP contribution in [0.15, 0.2) is 0 Å². The Bertz CT molecular complexity index is 167. The molecule has 0 aromatic rings. The Hall–Kier alpha value is -0.530. The maximum atomic E-state index is 11.3. The van der Waals surface area contributed by atoms with Gasteiger partial charge in [-0.25, -0.2) is 0 Å². The summed E-state index contributed by atoms with van der Waals surface area (Å²) >= 11 is 0. The molecule has 0 saturated heterocycles. The second-order valence-corrected chi connectivity index (χ2v) is 4.23. The smallest absolute Gasteiger partial charge is 0.308 e. The molecule has 0 amide bonds. The van der Waals surface area contributed by atoms with E-state index in [4.69, 9.17) is 4.74 Å². The number of esters is 1. The third-order valence-corrected chi connectivity index (χ3v) is 2.48. The number of carbonyl (C=O) groups is 1. The Morgan fingerprint density at radius 2 is 1.83 bits per heavy atom. The van der Waals surface area contributed by atoms with Gasteiger partial charge in [0.2, 0.25) is 0 Å². The summed E-state index contributed by atoms with van der Waals surface area (Å²) in [5, 5.41) is 0. The fourth-order valence-electron chi connectivity index (χ4n) is 1.59. The zero-order valence-corrected chi connectivity index (χ0v) is 8.22. The van der Waals surface area contributed by atoms with E-state index in [2.05, 4.69) is 0 Å². The summed E-state index contributed by atoms with van der Waals surface area (Å²) in [5.41, 5.74) is -0.151. The van der Waals surface area contributed by atoms with Crippen LogP contribution < -0.4 is 0 Å². The summed E-state index contributed by atoms with van der Waals surface area (Å²) in [6, 6.07) is 0. The van der Waals surface area contributed by atoms with Crippen LogP contribution in [0.2, 0.25) is 0 Å². The Balaban J connectivity index is 2.44. The lowest BCUT2D eigenvalue weighted by molar-refractivity contribution is -0.161. The molecule has 0 spiro atoms. The average molecular weight is 170 g/mol. The third kappa shape index (κ3) is 2.23. The molecular formula is C10H18O2. The van der Waals surface area contributed by atoms with Gasteiger partial charge in [-0.15, -0.1) is 0 Å². The molecule has 0 aromatic carbocycles. The van der Waals surface area contributed by atoms with Gasteiger partial charge in [-0.1, -0.05) is 13.8 Å². The maximum Gasteiger partial charge on any atom is 0.308 e. The van der Waals surface area contributed by atoms with E-state index in [0.717, 1.165) is 12.8 Å². The molecule has 0 unspecified atom stereocenters. The largest absolute Gasteiger partial charge is 0.459 e. The highest BCUT2D eigenvalue weighted by molar-refractivity contribution is 5.72. The van der Waals surface area contributed by atoms with Crippen molar-refractivity contribution in [3.05, 3.63) is 0 Å². The van der Waals surface area contributed by atoms with Crippen LogP contribution in [0.1, 0.15) is 46.5 Å². The third-order valence-electron chi connectivity index (χ3n) is 2.48. The van der Waals surface area contributed by atoms with Crippen LogP contribution in [-0.4, -0.2) is 11.6 Å². The molecule has 0 heterocycles. The predicted molar refractivity (Wildman–Crippen MR) is 47.8 cm³/mol. The van der Waals surface area contributed by atoms with Gasteiger partial charge < -0.3 is 4.74 Å². The van der Waals surface area contributed by atoms with Crippen LogP contribution >= 0.6 is 0 Å². The quantitative estimate of drug-likeness (QED) is 0.595. The molecule has 70 valence electrons. The summed E-state index contributed by atoms with van der Waals surface area (Å²) in [4.78, 5) is 11.3. The molecule has 0 atom stereocenters. The number of hydrogen-bond donors (Lipinski definition) is 0. The lowest BCUT2D eigenvalue weighted by atomic mass is 10.1. The van der Waals surface area contributed by atoms with E-state index >= 15 is 0 Å². The van der Waals surface area contributed by atoms with Crippen LogP contribution in [0.5, 0.6) is 0 Å². The number of carbonyl (C=O) groups excluding carboxylic acids is 1. The van der Waals surface area contributed by atoms with E-state index in [0.29, 0.717) is 0 Å². The Morgan fingerprint density at radius 1 is 1.33 bits per heavy atom. The van der Waals surface area contributed by atoms with E-state index in [1.165, 1.54) is 12.8 Å². The van der Waals surface area contributed by atoms with Crippen molar-refractivity contribution in [2.45, 2.75) is 52.1 Å². The van der Waals surface area contributed by atoms with E-state index in [-0.39, 0.29) is 17.5 Å². The topological polar surface area (TPSA) is 26.3 Å². The van der Waals surface area contributed by atoms with E-state index < -0.39 is 0 Å². The summed E-state index contributed by atoms with van der Waals surface area (Å²) in [7, 11) is 0. The monoisotopic (exact) mass is 170 g/mol. The van der Waals surface area contributed by atoms with Crippen LogP contribution in [0.3, 0.4) is 0 Å². The molecule has 0 N–H and O–H groups in total. The first-order valence-corrected chi connectivity index (χ1v) is 4.76. The van der Waals surface area contributed by atoms with Crippen molar-refractivity contribution in [2.24, 2.45) is 5.92 Å². The minimum atomic E-state index is -0.151. The van der Waals surface area contributed by atoms with Crippen molar-refractivity contribution < 1.29 is 9.53 Å². The van der Waals surface area contributed by atoms with Gasteiger partial charge in [0.1, 0.15) is 5.60 Å². The van der Waals surface area contributed by atoms with Crippen LogP contribution in [0.25, 0.3) is 0 Å². The molecule has 1 aliphatic carbocycles. The van der Waals surface area contributed by atoms with Crippen molar-refractivity contribution in [2.75, 3.05) is 0 Å². The van der Waals surface area contributed by atoms with E-state index in [1.54, 1.807) is 0 Å². The number of rotatable bonds is 2. The minimum Gasteiger partial charge on any atom is -0.459 e. The van der Waals surface area contributed by atoms with Gasteiger partial charge in [0.05, 0.1) is 5.92 Å². The normalized spacial score (nSPS) is 21.3. The second-order valence-electron chi connectivity index (χ2n) is 4.23. The molecule has 0 radical (unpaired) electrons. The van der Waals surface area contributed by atoms with Crippen molar-refractivity contribution in [3.8, 4) is 0 Å². The van der Waals surface area contributed by atoms with Crippen molar-refractivity contribution >= 4 is 5.97 Å². The summed E-state index contributed by atoms with van der Waals surface area (Å²) in [6.07, 6.45) is 4.46. The standard InChI is InChI=1S/C10H18O2/c1-8(2)9(11)12-10(3)6-4-5-7-10/h8H,4-7H2,1-3H3. The molecule has 2 nitrogen and oxygen atoms in total. The van der Waals surface area contributed by atoms with Gasteiger partial charge in [0, 0.05) is 0 Å². The Morgan fingerprint density at radius 3 is 2.25 bits per heavy atom. The number of ether oxygens (including phenoxy) is 1. The first kappa shape index (κ1) is 9.56. The van der Waals surface area contributed by atoms with Crippen molar-refractivity contribution in [1.29, 1.82) is 0 Å². The van der Waals surface area contributed by atoms with E-state index in [9.17, 15) is 4.79 Å². The molecule has 0 bridgehead atoms. The van der Waals surface area contributed by atoms with Gasteiger partial charge in [-0.2, -0.15) is 0 Å². The molecule has 2 heteroatoms. The van der Waals surface area contributed by atoms with Gasteiger partial charge >= 0.3 is 5.97 Å². The summed E-state index contributed by atoms with van der Waals surface area (Å²) in [6.45, 7) is 5.79. The lowest BCUT2D eigenvalue weighted by Gasteiger charge is -2.25. The molecule has 1 rings (SSSR count). The molecule has 12 heavy (non-hydrogen) atoms. The highest BCUT2D eigenvalue weighted by Crippen LogP contribution is 2.33. The SMILES string of the molecule is CC(C)C(=O)OC1(C)CCCC1. The molecule has 1 saturated carbocycles. The second kappa shape index (κ2) is 3.46. The zero-order valence-electron chi connectivity index (χ0n) is 8.22. The summed E-state index contributed by atoms with van der Waals surface area (Å²) < 4.78 is 5.42. The van der Waals surface area contributed by atoms with Crippen LogP contribution in [-0.2, 0) is 9.53 Å². The molecule has 0 aromatic heterocycles. The fraction of sp³-hybridized carbons (Fsp3) is 0.900. The Labute approximate surface area is 74.3 Å². The predicted octanol–water partition coefficient (Wildman–Crippen LogP) is 2.52. The van der Waals surface area contributed by atoms with Gasteiger partial charge in [-0.3, -0.25) is 4.79 Å². The van der Waals surface area contributed by atoms with Crippen LogP contribution in [0.4, 0.5) is 0 Å². The lowest BCUT2D eigenvalue weighted by Crippen LogP contribution is -2.30. The molecule has 0 aliphatic heterocycles. The molecule has 1 aliphatic rings. The average Bonchev–Trinajstić information content (AvgIpc) is 2.35. The molecular weight excluding hydrogens is 152 g/mol. The highest BCUT2D eigenvalue weighted by Gasteiger charge is 2.32. The van der Waals surface area contributed by atoms with Crippen molar-refractivity contribution in [1.82, 2.24) is 0 Å². The summed E-state index contributed by atoms with van der Waals surface area (Å²) in [5.74, 6) is -0.0539. The molecule has 1 fully saturated rings. The first-order valence-electron chi connectivity index (χ1n) is 4.76. The van der Waals surface area contributed by atoms with Gasteiger partial charge in [0.25, 0.3) is 0 Å². The zero-order chi connectivity index (χ0) is 9.19. The van der Waals surface area contributed by atoms with E-state index in [1.807, 2.05) is 20.8 Å². The van der Waals surface area contributed by atoms with Gasteiger partial charge in [0.15, 0.2) is 0 Å². The Kier molecular flexibility index (Phi) is 2.76. The van der Waals surface area contributed by atoms with Crippen molar-refractivity contribution in [3.63, 3.8) is 0 Å². The fourth-order valence-corrected chi connectivity index (χ4v) is 1.59. The first-order chi connectivity index (χ1) is 5.53. The maximum absolute atomic E-state index is 11.3. The highest BCUT2D eigenvalue weighted by atomic mass is 16.6. The van der Waals surface area contributed by atoms with Crippen LogP contribution in [0, 0.1) is 5.92 Å². The minimum absolute atomic E-state index is 0.00225.